The average Bonchev–Trinajstić information content (AvgIpc) is 2.72. The summed E-state index contributed by atoms with van der Waals surface area (Å²) in [6.07, 6.45) is -0.448. The summed E-state index contributed by atoms with van der Waals surface area (Å²) in [7, 11) is 1.77. The summed E-state index contributed by atoms with van der Waals surface area (Å²) >= 11 is 1.46. The first kappa shape index (κ1) is 9.25. The van der Waals surface area contributed by atoms with Gasteiger partial charge in [-0.25, -0.2) is 9.48 Å². The Balaban J connectivity index is 1.83. The molecule has 0 spiro atoms. The molecule has 2 heterocycles. The minimum Gasteiger partial charge on any atom is -0.443 e. The van der Waals surface area contributed by atoms with Gasteiger partial charge in [-0.3, -0.25) is 0 Å². The van der Waals surface area contributed by atoms with Crippen LogP contribution in [0, 0.1) is 0 Å². The second-order valence-electron chi connectivity index (χ2n) is 2.80. The number of aryl methyl sites for hydroxylation is 1. The van der Waals surface area contributed by atoms with Crippen LogP contribution >= 0.6 is 11.8 Å². The quantitative estimate of drug-likeness (QED) is 0.679. The molecule has 1 saturated heterocycles. The van der Waals surface area contributed by atoms with Crippen molar-refractivity contribution in [2.45, 2.75) is 11.3 Å². The minimum absolute atomic E-state index is 0.0933. The number of ether oxygens (including phenoxy) is 1. The van der Waals surface area contributed by atoms with Gasteiger partial charge in [-0.1, -0.05) is 11.8 Å². The summed E-state index contributed by atoms with van der Waals surface area (Å²) in [5.41, 5.74) is 0. The fourth-order valence-corrected chi connectivity index (χ4v) is 1.87. The highest BCUT2D eigenvalue weighted by Crippen LogP contribution is 2.16. The monoisotopic (exact) mass is 215 g/mol. The molecule has 0 aromatic carbocycles. The van der Waals surface area contributed by atoms with E-state index < -0.39 is 0 Å². The predicted molar refractivity (Wildman–Crippen MR) is 47.8 cm³/mol. The third kappa shape index (κ3) is 1.95. The molecule has 1 aliphatic heterocycles. The lowest BCUT2D eigenvalue weighted by Crippen LogP contribution is -2.17. The molecule has 0 bridgehead atoms. The number of aromatic nitrogens is 4. The first-order chi connectivity index (χ1) is 6.75. The van der Waals surface area contributed by atoms with E-state index in [9.17, 15) is 4.79 Å². The van der Waals surface area contributed by atoms with Crippen LogP contribution in [-0.2, 0) is 11.8 Å². The molecule has 0 radical (unpaired) electrons. The highest BCUT2D eigenvalue weighted by Gasteiger charge is 2.23. The normalized spacial score (nSPS) is 20.6. The van der Waals surface area contributed by atoms with E-state index in [4.69, 9.17) is 4.74 Å². The number of carbonyl (C=O) groups excluding carboxylic acids is 1. The van der Waals surface area contributed by atoms with E-state index in [0.29, 0.717) is 17.5 Å². The SMILES string of the molecule is Cn1nnnc1SC[C@H]1CNC(=O)O1. The molecule has 0 aliphatic carbocycles. The van der Waals surface area contributed by atoms with E-state index >= 15 is 0 Å². The van der Waals surface area contributed by atoms with Crippen LogP contribution in [-0.4, -0.2) is 44.7 Å². The third-order valence-corrected chi connectivity index (χ3v) is 2.87. The number of hydrogen-bond donors (Lipinski definition) is 1. The molecular formula is C6H9N5O2S. The Morgan fingerprint density at radius 1 is 1.79 bits per heavy atom. The average molecular weight is 215 g/mol. The second kappa shape index (κ2) is 3.82. The zero-order valence-electron chi connectivity index (χ0n) is 7.51. The van der Waals surface area contributed by atoms with Gasteiger partial charge < -0.3 is 10.1 Å². The smallest absolute Gasteiger partial charge is 0.407 e. The van der Waals surface area contributed by atoms with Crippen molar-refractivity contribution in [1.82, 2.24) is 25.5 Å². The number of rotatable bonds is 3. The highest BCUT2D eigenvalue weighted by molar-refractivity contribution is 7.99. The lowest BCUT2D eigenvalue weighted by Gasteiger charge is -2.04. The molecule has 1 N–H and O–H groups in total. The molecule has 1 amide bonds. The fourth-order valence-electron chi connectivity index (χ4n) is 1.04. The van der Waals surface area contributed by atoms with Crippen molar-refractivity contribution in [3.63, 3.8) is 0 Å². The highest BCUT2D eigenvalue weighted by atomic mass is 32.2. The molecule has 1 fully saturated rings. The van der Waals surface area contributed by atoms with Crippen LogP contribution in [0.25, 0.3) is 0 Å². The van der Waals surface area contributed by atoms with Crippen LogP contribution in [0.1, 0.15) is 0 Å². The first-order valence-corrected chi connectivity index (χ1v) is 5.04. The predicted octanol–water partition coefficient (Wildman–Crippen LogP) is -0.589. The number of tetrazole rings is 1. The van der Waals surface area contributed by atoms with Crippen molar-refractivity contribution in [3.8, 4) is 0 Å². The number of amides is 1. The summed E-state index contributed by atoms with van der Waals surface area (Å²) in [6, 6.07) is 0. The topological polar surface area (TPSA) is 81.9 Å². The van der Waals surface area contributed by atoms with Gasteiger partial charge in [-0.2, -0.15) is 0 Å². The molecule has 0 unspecified atom stereocenters. The van der Waals surface area contributed by atoms with Crippen molar-refractivity contribution >= 4 is 17.9 Å². The summed E-state index contributed by atoms with van der Waals surface area (Å²) in [5, 5.41) is 14.3. The second-order valence-corrected chi connectivity index (χ2v) is 3.79. The number of alkyl carbamates (subject to hydrolysis) is 1. The maximum absolute atomic E-state index is 10.7. The number of thioether (sulfide) groups is 1. The van der Waals surface area contributed by atoms with E-state index in [0.717, 1.165) is 0 Å². The van der Waals surface area contributed by atoms with E-state index in [-0.39, 0.29) is 12.2 Å². The van der Waals surface area contributed by atoms with Crippen LogP contribution in [0.5, 0.6) is 0 Å². The standard InChI is InChI=1S/C6H9N5O2S/c1-11-5(8-9-10-11)14-3-4-2-7-6(12)13-4/h4H,2-3H2,1H3,(H,7,12)/t4-/m1/s1. The van der Waals surface area contributed by atoms with Gasteiger partial charge in [-0.15, -0.1) is 5.10 Å². The summed E-state index contributed by atoms with van der Waals surface area (Å²) in [5.74, 6) is 0.660. The zero-order chi connectivity index (χ0) is 9.97. The lowest BCUT2D eigenvalue weighted by molar-refractivity contribution is 0.150. The molecule has 7 nitrogen and oxygen atoms in total. The largest absolute Gasteiger partial charge is 0.443 e. The van der Waals surface area contributed by atoms with E-state index in [1.165, 1.54) is 11.8 Å². The molecule has 8 heteroatoms. The maximum Gasteiger partial charge on any atom is 0.407 e. The molecule has 2 rings (SSSR count). The minimum atomic E-state index is -0.355. The van der Waals surface area contributed by atoms with Gasteiger partial charge in [-0.05, 0) is 10.4 Å². The molecule has 1 aromatic heterocycles. The molecule has 1 atom stereocenters. The van der Waals surface area contributed by atoms with Gasteiger partial charge in [0.25, 0.3) is 0 Å². The van der Waals surface area contributed by atoms with Crippen LogP contribution in [0.15, 0.2) is 5.16 Å². The summed E-state index contributed by atoms with van der Waals surface area (Å²) < 4.78 is 6.53. The Labute approximate surface area is 84.2 Å². The Hall–Kier alpha value is -1.31. The Morgan fingerprint density at radius 2 is 2.64 bits per heavy atom. The Kier molecular flexibility index (Phi) is 2.53. The van der Waals surface area contributed by atoms with Gasteiger partial charge in [0, 0.05) is 12.8 Å². The molecule has 1 aromatic rings. The Bertz CT molecular complexity index is 341. The fraction of sp³-hybridized carbons (Fsp3) is 0.667. The molecule has 0 saturated carbocycles. The lowest BCUT2D eigenvalue weighted by atomic mass is 10.4. The van der Waals surface area contributed by atoms with Gasteiger partial charge in [0.15, 0.2) is 0 Å². The third-order valence-electron chi connectivity index (χ3n) is 1.73. The number of carbonyl (C=O) groups is 1. The number of nitrogens with zero attached hydrogens (tertiary/aromatic N) is 4. The van der Waals surface area contributed by atoms with Crippen molar-refractivity contribution in [2.75, 3.05) is 12.3 Å². The first-order valence-electron chi connectivity index (χ1n) is 4.05. The van der Waals surface area contributed by atoms with E-state index in [2.05, 4.69) is 20.8 Å². The van der Waals surface area contributed by atoms with Crippen molar-refractivity contribution < 1.29 is 9.53 Å². The van der Waals surface area contributed by atoms with Gasteiger partial charge in [0.2, 0.25) is 5.16 Å². The van der Waals surface area contributed by atoms with E-state index in [1.807, 2.05) is 0 Å². The van der Waals surface area contributed by atoms with Gasteiger partial charge >= 0.3 is 6.09 Å². The van der Waals surface area contributed by atoms with E-state index in [1.54, 1.807) is 11.7 Å². The van der Waals surface area contributed by atoms with Crippen LogP contribution in [0.4, 0.5) is 4.79 Å². The maximum atomic E-state index is 10.7. The number of hydrogen-bond acceptors (Lipinski definition) is 6. The molecule has 14 heavy (non-hydrogen) atoms. The van der Waals surface area contributed by atoms with Gasteiger partial charge in [0.1, 0.15) is 6.10 Å². The molecule has 76 valence electrons. The summed E-state index contributed by atoms with van der Waals surface area (Å²) in [6.45, 7) is 0.553. The van der Waals surface area contributed by atoms with Crippen molar-refractivity contribution in [1.29, 1.82) is 0 Å². The van der Waals surface area contributed by atoms with Crippen molar-refractivity contribution in [2.24, 2.45) is 7.05 Å². The number of cyclic esters (lactones) is 1. The zero-order valence-corrected chi connectivity index (χ0v) is 8.32. The summed E-state index contributed by atoms with van der Waals surface area (Å²) in [4.78, 5) is 10.7. The van der Waals surface area contributed by atoms with Crippen molar-refractivity contribution in [3.05, 3.63) is 0 Å². The Morgan fingerprint density at radius 3 is 3.21 bits per heavy atom. The van der Waals surface area contributed by atoms with Crippen LogP contribution in [0.3, 0.4) is 0 Å². The molecule has 1 aliphatic rings. The van der Waals surface area contributed by atoms with Crippen LogP contribution in [0.2, 0.25) is 0 Å². The molecular weight excluding hydrogens is 206 g/mol. The van der Waals surface area contributed by atoms with Crippen LogP contribution < -0.4 is 5.32 Å². The van der Waals surface area contributed by atoms with Gasteiger partial charge in [0.05, 0.1) is 6.54 Å². The number of nitrogens with one attached hydrogen (secondary N) is 1.